The molecule has 1 spiro atoms. The van der Waals surface area contributed by atoms with Gasteiger partial charge in [0, 0.05) is 0 Å². The highest BCUT2D eigenvalue weighted by molar-refractivity contribution is 5.23. The molecule has 0 aromatic carbocycles. The van der Waals surface area contributed by atoms with E-state index in [1.165, 1.54) is 44.9 Å². The van der Waals surface area contributed by atoms with Gasteiger partial charge in [0.25, 0.3) is 0 Å². The lowest BCUT2D eigenvalue weighted by atomic mass is 9.41. The van der Waals surface area contributed by atoms with Crippen molar-refractivity contribution >= 4 is 0 Å². The fourth-order valence-corrected chi connectivity index (χ4v) is 20.6. The summed E-state index contributed by atoms with van der Waals surface area (Å²) in [6.07, 6.45) is 27.8. The molecule has 0 nitrogen and oxygen atoms in total. The van der Waals surface area contributed by atoms with Crippen LogP contribution in [0.25, 0.3) is 0 Å². The predicted octanol–water partition coefficient (Wildman–Crippen LogP) is 15.9. The van der Waals surface area contributed by atoms with Gasteiger partial charge in [-0.3, -0.25) is 0 Å². The topological polar surface area (TPSA) is 0 Å². The Morgan fingerprint density at radius 2 is 1.04 bits per heavy atom. The summed E-state index contributed by atoms with van der Waals surface area (Å²) in [7, 11) is 0. The molecular weight excluding hydrogens is 649 g/mol. The van der Waals surface area contributed by atoms with Gasteiger partial charge in [0.05, 0.1) is 0 Å². The monoisotopic (exact) mass is 743 g/mol. The van der Waals surface area contributed by atoms with E-state index in [4.69, 9.17) is 0 Å². The first kappa shape index (κ1) is 40.8. The molecule has 0 N–H and O–H groups in total. The van der Waals surface area contributed by atoms with E-state index in [9.17, 15) is 0 Å². The highest BCUT2D eigenvalue weighted by atomic mass is 14.8. The normalized spacial score (nSPS) is 49.6. The number of hydrogen-bond acceptors (Lipinski definition) is 0. The molecule has 310 valence electrons. The number of rotatable bonds is 9. The molecule has 0 heteroatoms. The first-order valence-electron chi connectivity index (χ1n) is 25.8. The standard InChI is InChI=1S/C54H94/c1-13-34(14-2)38-26-43(35(15-3)16-4)51(33(9)10)54(30-38)47-28-41(31(5)6)39-23-19-20-24-40(39)48(47)50-49-44-25-36-21-17-18-22-37(36)27-45(44)53(11,12)46(49)29-42(32(7)8)52(50)54/h31-52H,13-30H2,1-12H3. The van der Waals surface area contributed by atoms with Gasteiger partial charge in [-0.2, -0.15) is 0 Å². The smallest absolute Gasteiger partial charge is 0.0196 e. The maximum Gasteiger partial charge on any atom is -0.0196 e. The lowest BCUT2D eigenvalue weighted by Gasteiger charge is -2.63. The highest BCUT2D eigenvalue weighted by Crippen LogP contribution is 2.81. The summed E-state index contributed by atoms with van der Waals surface area (Å²) in [6.45, 7) is 32.6. The predicted molar refractivity (Wildman–Crippen MR) is 233 cm³/mol. The summed E-state index contributed by atoms with van der Waals surface area (Å²) in [5, 5.41) is 0. The van der Waals surface area contributed by atoms with E-state index in [-0.39, 0.29) is 0 Å². The van der Waals surface area contributed by atoms with E-state index in [0.29, 0.717) is 10.8 Å². The maximum absolute atomic E-state index is 2.88. The molecule has 8 fully saturated rings. The zero-order chi connectivity index (χ0) is 38.4. The van der Waals surface area contributed by atoms with Crippen LogP contribution in [0.1, 0.15) is 199 Å². The Kier molecular flexibility index (Phi) is 11.7. The Hall–Kier alpha value is 0. The summed E-state index contributed by atoms with van der Waals surface area (Å²) >= 11 is 0. The molecule has 8 saturated carbocycles. The Bertz CT molecular complexity index is 1250. The minimum Gasteiger partial charge on any atom is -0.0651 e. The lowest BCUT2D eigenvalue weighted by molar-refractivity contribution is -0.154. The van der Waals surface area contributed by atoms with Gasteiger partial charge < -0.3 is 0 Å². The fraction of sp³-hybridized carbons (Fsp3) is 1.00. The Morgan fingerprint density at radius 3 is 1.63 bits per heavy atom. The number of hydrogen-bond donors (Lipinski definition) is 0. The first-order valence-corrected chi connectivity index (χ1v) is 25.8. The molecule has 0 bridgehead atoms. The van der Waals surface area contributed by atoms with E-state index < -0.39 is 0 Å². The van der Waals surface area contributed by atoms with Gasteiger partial charge in [-0.15, -0.1) is 0 Å². The van der Waals surface area contributed by atoms with Crippen LogP contribution in [0.4, 0.5) is 0 Å². The molecule has 8 rings (SSSR count). The molecule has 0 heterocycles. The fourth-order valence-electron chi connectivity index (χ4n) is 20.6. The van der Waals surface area contributed by atoms with E-state index >= 15 is 0 Å². The van der Waals surface area contributed by atoms with E-state index in [0.717, 1.165) is 130 Å². The molecule has 0 aromatic heterocycles. The minimum atomic E-state index is 0.530. The van der Waals surface area contributed by atoms with Gasteiger partial charge >= 0.3 is 0 Å². The van der Waals surface area contributed by atoms with Crippen LogP contribution >= 0.6 is 0 Å². The second-order valence-corrected chi connectivity index (χ2v) is 24.6. The molecule has 0 aromatic rings. The lowest BCUT2D eigenvalue weighted by Crippen LogP contribution is -2.58. The summed E-state index contributed by atoms with van der Waals surface area (Å²) in [6, 6.07) is 0. The van der Waals surface area contributed by atoms with Crippen LogP contribution in [0.15, 0.2) is 0 Å². The van der Waals surface area contributed by atoms with Gasteiger partial charge in [-0.05, 0) is 192 Å². The quantitative estimate of drug-likeness (QED) is 0.221. The molecule has 0 saturated heterocycles. The summed E-state index contributed by atoms with van der Waals surface area (Å²) in [5.74, 6) is 21.4. The van der Waals surface area contributed by atoms with Gasteiger partial charge in [0.15, 0.2) is 0 Å². The molecule has 0 amide bonds. The molecule has 0 radical (unpaired) electrons. The van der Waals surface area contributed by atoms with Gasteiger partial charge in [-0.1, -0.05) is 147 Å². The Labute approximate surface area is 338 Å². The molecule has 8 aliphatic carbocycles. The van der Waals surface area contributed by atoms with Crippen LogP contribution < -0.4 is 0 Å². The molecule has 0 aliphatic heterocycles. The molecule has 8 aliphatic rings. The van der Waals surface area contributed by atoms with Crippen molar-refractivity contribution in [3.05, 3.63) is 0 Å². The second-order valence-electron chi connectivity index (χ2n) is 24.6. The van der Waals surface area contributed by atoms with Gasteiger partial charge in [0.2, 0.25) is 0 Å². The maximum atomic E-state index is 2.88. The van der Waals surface area contributed by atoms with E-state index in [1.54, 1.807) is 70.6 Å². The van der Waals surface area contributed by atoms with E-state index in [2.05, 4.69) is 83.1 Å². The molecule has 18 atom stereocenters. The highest BCUT2D eigenvalue weighted by Gasteiger charge is 2.76. The Morgan fingerprint density at radius 1 is 0.481 bits per heavy atom. The SMILES string of the molecule is CCC(CC)C1CC(C(CC)CC)C(C(C)C)C2(C1)C1CC(C(C)C)C3CCCCC3C1C1C3C4CC5CCCCC5CC4C(C)(C)C3CC(C(C)C)C12. The average molecular weight is 743 g/mol. The third-order valence-electron chi connectivity index (χ3n) is 22.2. The van der Waals surface area contributed by atoms with Crippen molar-refractivity contribution in [2.75, 3.05) is 0 Å². The summed E-state index contributed by atoms with van der Waals surface area (Å²) in [4.78, 5) is 0. The first-order chi connectivity index (χ1) is 25.8. The molecular formula is C54H94. The van der Waals surface area contributed by atoms with Crippen molar-refractivity contribution in [2.45, 2.75) is 199 Å². The molecule has 54 heavy (non-hydrogen) atoms. The van der Waals surface area contributed by atoms with Crippen LogP contribution in [0, 0.1) is 141 Å². The van der Waals surface area contributed by atoms with Gasteiger partial charge in [0.1, 0.15) is 0 Å². The summed E-state index contributed by atoms with van der Waals surface area (Å²) in [5.41, 5.74) is 1.09. The van der Waals surface area contributed by atoms with Crippen molar-refractivity contribution < 1.29 is 0 Å². The van der Waals surface area contributed by atoms with Crippen LogP contribution in [-0.4, -0.2) is 0 Å². The third-order valence-corrected chi connectivity index (χ3v) is 22.2. The average Bonchev–Trinajstić information content (AvgIpc) is 3.55. The largest absolute Gasteiger partial charge is 0.0651 e. The van der Waals surface area contributed by atoms with Crippen molar-refractivity contribution in [1.29, 1.82) is 0 Å². The molecule has 18 unspecified atom stereocenters. The van der Waals surface area contributed by atoms with Crippen LogP contribution in [0.2, 0.25) is 0 Å². The zero-order valence-electron chi connectivity index (χ0n) is 38.4. The minimum absolute atomic E-state index is 0.530. The van der Waals surface area contributed by atoms with Crippen molar-refractivity contribution in [2.24, 2.45) is 141 Å². The third kappa shape index (κ3) is 6.09. The Balaban J connectivity index is 1.37. The van der Waals surface area contributed by atoms with Crippen molar-refractivity contribution in [1.82, 2.24) is 0 Å². The van der Waals surface area contributed by atoms with Crippen molar-refractivity contribution in [3.8, 4) is 0 Å². The van der Waals surface area contributed by atoms with Crippen LogP contribution in [-0.2, 0) is 0 Å². The van der Waals surface area contributed by atoms with Gasteiger partial charge in [-0.25, -0.2) is 0 Å². The van der Waals surface area contributed by atoms with Crippen LogP contribution in [0.3, 0.4) is 0 Å². The summed E-state index contributed by atoms with van der Waals surface area (Å²) < 4.78 is 0. The second kappa shape index (κ2) is 15.6. The van der Waals surface area contributed by atoms with E-state index in [1.807, 2.05) is 0 Å². The zero-order valence-corrected chi connectivity index (χ0v) is 38.4. The number of fused-ring (bicyclic) bond motifs is 12. The van der Waals surface area contributed by atoms with Crippen LogP contribution in [0.5, 0.6) is 0 Å². The van der Waals surface area contributed by atoms with Crippen molar-refractivity contribution in [3.63, 3.8) is 0 Å².